The first-order chi connectivity index (χ1) is 6.66. The maximum Gasteiger partial charge on any atom is 0.129 e. The molecule has 14 heavy (non-hydrogen) atoms. The molecule has 1 aromatic carbocycles. The van der Waals surface area contributed by atoms with Crippen LogP contribution in [-0.2, 0) is 0 Å². The fraction of sp³-hybridized carbons (Fsp3) is 0. The summed E-state index contributed by atoms with van der Waals surface area (Å²) in [6.45, 7) is 0. The van der Waals surface area contributed by atoms with Gasteiger partial charge in [-0.15, -0.1) is 0 Å². The van der Waals surface area contributed by atoms with Crippen LogP contribution in [0, 0.1) is 0 Å². The second kappa shape index (κ2) is 4.16. The minimum absolute atomic E-state index is 0.810. The first-order valence-electron chi connectivity index (χ1n) is 3.84. The largest absolute Gasteiger partial charge is 0.226 e. The summed E-state index contributed by atoms with van der Waals surface area (Å²) in [5.74, 6) is 0. The van der Waals surface area contributed by atoms with Gasteiger partial charge < -0.3 is 0 Å². The second-order valence-corrected chi connectivity index (χ2v) is 5.22. The molecule has 2 aromatic rings. The van der Waals surface area contributed by atoms with E-state index >= 15 is 0 Å². The van der Waals surface area contributed by atoms with Crippen molar-refractivity contribution in [3.8, 4) is 5.69 Å². The number of nitrogens with zero attached hydrogens (tertiary/aromatic N) is 2. The molecule has 0 unspecified atom stereocenters. The van der Waals surface area contributed by atoms with E-state index in [-0.39, 0.29) is 0 Å². The van der Waals surface area contributed by atoms with Crippen molar-refractivity contribution in [2.24, 2.45) is 0 Å². The van der Waals surface area contributed by atoms with E-state index in [1.165, 1.54) is 0 Å². The Bertz CT molecular complexity index is 465. The highest BCUT2D eigenvalue weighted by Crippen LogP contribution is 2.22. The van der Waals surface area contributed by atoms with Crippen LogP contribution in [0.1, 0.15) is 0 Å². The SMILES string of the molecule is Brc1cccc(-n2nc(Br)cc2Br)c1. The van der Waals surface area contributed by atoms with Crippen LogP contribution < -0.4 is 0 Å². The number of hydrogen-bond acceptors (Lipinski definition) is 1. The Morgan fingerprint density at radius 1 is 1.07 bits per heavy atom. The molecule has 72 valence electrons. The van der Waals surface area contributed by atoms with Crippen LogP contribution in [0.2, 0.25) is 0 Å². The van der Waals surface area contributed by atoms with Crippen molar-refractivity contribution in [1.29, 1.82) is 0 Å². The first kappa shape index (κ1) is 10.4. The first-order valence-corrected chi connectivity index (χ1v) is 6.22. The highest BCUT2D eigenvalue weighted by Gasteiger charge is 2.05. The number of rotatable bonds is 1. The molecule has 0 radical (unpaired) electrons. The van der Waals surface area contributed by atoms with E-state index in [0.717, 1.165) is 19.4 Å². The Hall–Kier alpha value is -0.130. The Morgan fingerprint density at radius 3 is 2.43 bits per heavy atom. The molecule has 2 nitrogen and oxygen atoms in total. The lowest BCUT2D eigenvalue weighted by atomic mass is 10.3. The molecule has 0 aliphatic heterocycles. The molecule has 2 rings (SSSR count). The van der Waals surface area contributed by atoms with Gasteiger partial charge in [0.2, 0.25) is 0 Å². The third kappa shape index (κ3) is 2.10. The maximum atomic E-state index is 4.29. The third-order valence-electron chi connectivity index (χ3n) is 1.69. The van der Waals surface area contributed by atoms with Gasteiger partial charge in [0.05, 0.1) is 5.69 Å². The van der Waals surface area contributed by atoms with Crippen molar-refractivity contribution in [3.05, 3.63) is 44.0 Å². The lowest BCUT2D eigenvalue weighted by molar-refractivity contribution is 0.851. The van der Waals surface area contributed by atoms with E-state index in [4.69, 9.17) is 0 Å². The van der Waals surface area contributed by atoms with Gasteiger partial charge >= 0.3 is 0 Å². The van der Waals surface area contributed by atoms with Crippen LogP contribution in [0.5, 0.6) is 0 Å². The normalized spacial score (nSPS) is 10.5. The van der Waals surface area contributed by atoms with Gasteiger partial charge in [0.25, 0.3) is 0 Å². The summed E-state index contributed by atoms with van der Waals surface area (Å²) in [7, 11) is 0. The van der Waals surface area contributed by atoms with Crippen molar-refractivity contribution >= 4 is 47.8 Å². The van der Waals surface area contributed by atoms with Gasteiger partial charge in [0, 0.05) is 10.5 Å². The smallest absolute Gasteiger partial charge is 0.129 e. The molecule has 0 amide bonds. The van der Waals surface area contributed by atoms with Crippen LogP contribution in [0.4, 0.5) is 0 Å². The van der Waals surface area contributed by atoms with Crippen molar-refractivity contribution in [2.45, 2.75) is 0 Å². The molecule has 1 heterocycles. The second-order valence-electron chi connectivity index (χ2n) is 2.68. The molecular formula is C9H5Br3N2. The summed E-state index contributed by atoms with van der Waals surface area (Å²) in [5.41, 5.74) is 1.01. The molecular weight excluding hydrogens is 376 g/mol. The number of hydrogen-bond donors (Lipinski definition) is 0. The third-order valence-corrected chi connectivity index (χ3v) is 3.13. The molecule has 0 aliphatic rings. The van der Waals surface area contributed by atoms with Gasteiger partial charge in [-0.05, 0) is 50.1 Å². The van der Waals surface area contributed by atoms with E-state index in [2.05, 4.69) is 52.9 Å². The number of aromatic nitrogens is 2. The summed E-state index contributed by atoms with van der Waals surface area (Å²) in [5, 5.41) is 4.29. The fourth-order valence-corrected chi connectivity index (χ4v) is 2.69. The number of benzene rings is 1. The van der Waals surface area contributed by atoms with Gasteiger partial charge in [-0.25, -0.2) is 4.68 Å². The summed E-state index contributed by atoms with van der Waals surface area (Å²) >= 11 is 10.2. The Morgan fingerprint density at radius 2 is 1.86 bits per heavy atom. The Balaban J connectivity index is 2.54. The summed E-state index contributed by atoms with van der Waals surface area (Å²) in [6.07, 6.45) is 0. The topological polar surface area (TPSA) is 17.8 Å². The Labute approximate surface area is 107 Å². The molecule has 0 N–H and O–H groups in total. The minimum atomic E-state index is 0.810. The van der Waals surface area contributed by atoms with Crippen LogP contribution >= 0.6 is 47.8 Å². The van der Waals surface area contributed by atoms with Crippen molar-refractivity contribution in [2.75, 3.05) is 0 Å². The molecule has 5 heteroatoms. The minimum Gasteiger partial charge on any atom is -0.226 e. The average Bonchev–Trinajstić information content (AvgIpc) is 2.45. The van der Waals surface area contributed by atoms with Crippen LogP contribution in [0.15, 0.2) is 44.0 Å². The zero-order valence-corrected chi connectivity index (χ0v) is 11.7. The highest BCUT2D eigenvalue weighted by atomic mass is 79.9. The lowest BCUT2D eigenvalue weighted by Crippen LogP contribution is -1.95. The molecule has 0 bridgehead atoms. The summed E-state index contributed by atoms with van der Waals surface area (Å²) < 4.78 is 4.58. The van der Waals surface area contributed by atoms with Crippen molar-refractivity contribution < 1.29 is 0 Å². The zero-order valence-electron chi connectivity index (χ0n) is 6.92. The maximum absolute atomic E-state index is 4.29. The number of halogens is 3. The van der Waals surface area contributed by atoms with Crippen LogP contribution in [0.3, 0.4) is 0 Å². The van der Waals surface area contributed by atoms with Gasteiger partial charge in [-0.3, -0.25) is 0 Å². The van der Waals surface area contributed by atoms with Gasteiger partial charge in [0.15, 0.2) is 0 Å². The van der Waals surface area contributed by atoms with Crippen molar-refractivity contribution in [1.82, 2.24) is 9.78 Å². The predicted octanol–water partition coefficient (Wildman–Crippen LogP) is 4.16. The molecule has 0 spiro atoms. The van der Waals surface area contributed by atoms with Gasteiger partial charge in [-0.2, -0.15) is 5.10 Å². The molecule has 0 saturated carbocycles. The van der Waals surface area contributed by atoms with E-state index in [1.807, 2.05) is 35.0 Å². The van der Waals surface area contributed by atoms with Crippen LogP contribution in [-0.4, -0.2) is 9.78 Å². The predicted molar refractivity (Wildman–Crippen MR) is 66.7 cm³/mol. The standard InChI is InChI=1S/C9H5Br3N2/c10-6-2-1-3-7(4-6)14-9(12)5-8(11)13-14/h1-5H. The molecule has 1 aromatic heterocycles. The van der Waals surface area contributed by atoms with E-state index in [9.17, 15) is 0 Å². The van der Waals surface area contributed by atoms with Gasteiger partial charge in [-0.1, -0.05) is 22.0 Å². The van der Waals surface area contributed by atoms with Crippen molar-refractivity contribution in [3.63, 3.8) is 0 Å². The molecule has 0 atom stereocenters. The highest BCUT2D eigenvalue weighted by molar-refractivity contribution is 9.11. The molecule has 0 saturated heterocycles. The summed E-state index contributed by atoms with van der Waals surface area (Å²) in [6, 6.07) is 9.86. The quantitative estimate of drug-likeness (QED) is 0.726. The monoisotopic (exact) mass is 378 g/mol. The average molecular weight is 381 g/mol. The lowest BCUT2D eigenvalue weighted by Gasteiger charge is -2.02. The molecule has 0 aliphatic carbocycles. The zero-order chi connectivity index (χ0) is 10.1. The molecule has 0 fully saturated rings. The van der Waals surface area contributed by atoms with E-state index in [1.54, 1.807) is 0 Å². The summed E-state index contributed by atoms with van der Waals surface area (Å²) in [4.78, 5) is 0. The fourth-order valence-electron chi connectivity index (χ4n) is 1.12. The Kier molecular flexibility index (Phi) is 3.09. The van der Waals surface area contributed by atoms with E-state index in [0.29, 0.717) is 0 Å². The van der Waals surface area contributed by atoms with Crippen LogP contribution in [0.25, 0.3) is 5.69 Å². The van der Waals surface area contributed by atoms with Gasteiger partial charge in [0.1, 0.15) is 9.21 Å². The van der Waals surface area contributed by atoms with E-state index < -0.39 is 0 Å².